The normalized spacial score (nSPS) is 19.7. The predicted molar refractivity (Wildman–Crippen MR) is 137 cm³/mol. The van der Waals surface area contributed by atoms with Gasteiger partial charge in [0.25, 0.3) is 5.91 Å². The van der Waals surface area contributed by atoms with Gasteiger partial charge in [-0.2, -0.15) is 0 Å². The fraction of sp³-hybridized carbons (Fsp3) is 0.679. The summed E-state index contributed by atoms with van der Waals surface area (Å²) in [5, 5.41) is 2.76. The van der Waals surface area contributed by atoms with Crippen LogP contribution in [-0.2, 0) is 19.1 Å². The molecule has 2 amide bonds. The fourth-order valence-electron chi connectivity index (χ4n) is 4.62. The van der Waals surface area contributed by atoms with Crippen LogP contribution in [0.1, 0.15) is 87.9 Å². The number of hydrogen-bond acceptors (Lipinski definition) is 6. The van der Waals surface area contributed by atoms with Crippen LogP contribution in [0, 0.1) is 0 Å². The maximum absolute atomic E-state index is 13.2. The average molecular weight is 503 g/mol. The number of nitrogens with one attached hydrogen (secondary N) is 1. The number of hydrogen-bond donors (Lipinski definition) is 1. The van der Waals surface area contributed by atoms with Crippen LogP contribution in [0.3, 0.4) is 0 Å². The number of nitrogens with zero attached hydrogens (tertiary/aromatic N) is 1. The number of amides is 2. The minimum atomic E-state index is -0.868. The van der Waals surface area contributed by atoms with Crippen LogP contribution >= 0.6 is 0 Å². The number of carbonyl (C=O) groups is 3. The first-order chi connectivity index (χ1) is 17.6. The van der Waals surface area contributed by atoms with Crippen LogP contribution in [0.5, 0.6) is 5.75 Å². The molecule has 2 atom stereocenters. The highest BCUT2D eigenvalue weighted by molar-refractivity contribution is 5.99. The summed E-state index contributed by atoms with van der Waals surface area (Å²) in [6.07, 6.45) is 11.3. The smallest absolute Gasteiger partial charge is 0.308 e. The van der Waals surface area contributed by atoms with Gasteiger partial charge in [-0.15, -0.1) is 0 Å². The molecule has 0 saturated carbocycles. The standard InChI is InChI=1S/C28H42N2O6/c1-2-3-4-5-6-7-8-9-18-35-26(31)20-25-27(32)29-16-17-30(25)28(33)22-12-14-23(15-13-22)36-21-24-11-10-19-34-24/h12-15,24-25H,2-11,16-21H2,1H3,(H,29,32). The molecule has 8 nitrogen and oxygen atoms in total. The molecule has 200 valence electrons. The van der Waals surface area contributed by atoms with Gasteiger partial charge in [-0.3, -0.25) is 14.4 Å². The Morgan fingerprint density at radius 1 is 1.06 bits per heavy atom. The van der Waals surface area contributed by atoms with Crippen molar-refractivity contribution in [3.63, 3.8) is 0 Å². The molecule has 2 unspecified atom stereocenters. The molecule has 2 heterocycles. The third-order valence-corrected chi connectivity index (χ3v) is 6.77. The molecule has 2 fully saturated rings. The molecule has 0 aromatic heterocycles. The van der Waals surface area contributed by atoms with Crippen molar-refractivity contribution in [3.8, 4) is 5.75 Å². The van der Waals surface area contributed by atoms with E-state index in [0.717, 1.165) is 38.7 Å². The van der Waals surface area contributed by atoms with Gasteiger partial charge in [0.2, 0.25) is 5.91 Å². The number of ether oxygens (including phenoxy) is 3. The topological polar surface area (TPSA) is 94.2 Å². The number of piperazine rings is 1. The van der Waals surface area contributed by atoms with E-state index in [-0.39, 0.29) is 24.3 Å². The Morgan fingerprint density at radius 2 is 1.78 bits per heavy atom. The van der Waals surface area contributed by atoms with E-state index in [1.54, 1.807) is 24.3 Å². The van der Waals surface area contributed by atoms with Gasteiger partial charge in [0, 0.05) is 25.3 Å². The molecule has 36 heavy (non-hydrogen) atoms. The Labute approximate surface area is 215 Å². The second-order valence-electron chi connectivity index (χ2n) is 9.68. The largest absolute Gasteiger partial charge is 0.491 e. The van der Waals surface area contributed by atoms with Gasteiger partial charge in [-0.25, -0.2) is 0 Å². The van der Waals surface area contributed by atoms with Gasteiger partial charge in [0.1, 0.15) is 18.4 Å². The number of benzene rings is 1. The van der Waals surface area contributed by atoms with E-state index in [2.05, 4.69) is 12.2 Å². The zero-order valence-electron chi connectivity index (χ0n) is 21.7. The molecule has 2 aliphatic heterocycles. The summed E-state index contributed by atoms with van der Waals surface area (Å²) < 4.78 is 16.7. The van der Waals surface area contributed by atoms with Crippen molar-refractivity contribution in [2.45, 2.75) is 89.7 Å². The molecular formula is C28H42N2O6. The molecule has 0 spiro atoms. The minimum absolute atomic E-state index is 0.120. The highest BCUT2D eigenvalue weighted by Crippen LogP contribution is 2.20. The Balaban J connectivity index is 1.42. The first-order valence-corrected chi connectivity index (χ1v) is 13.7. The maximum atomic E-state index is 13.2. The summed E-state index contributed by atoms with van der Waals surface area (Å²) in [5.41, 5.74) is 0.450. The Kier molecular flexibility index (Phi) is 12.0. The second-order valence-corrected chi connectivity index (χ2v) is 9.68. The van der Waals surface area contributed by atoms with Crippen LogP contribution in [0.4, 0.5) is 0 Å². The van der Waals surface area contributed by atoms with Crippen LogP contribution in [0.2, 0.25) is 0 Å². The third kappa shape index (κ3) is 9.12. The van der Waals surface area contributed by atoms with Gasteiger partial charge in [-0.1, -0.05) is 51.9 Å². The molecule has 3 rings (SSSR count). The Bertz CT molecular complexity index is 822. The van der Waals surface area contributed by atoms with Crippen molar-refractivity contribution in [2.75, 3.05) is 32.9 Å². The zero-order valence-corrected chi connectivity index (χ0v) is 21.7. The Morgan fingerprint density at radius 3 is 2.47 bits per heavy atom. The summed E-state index contributed by atoms with van der Waals surface area (Å²) >= 11 is 0. The molecule has 2 saturated heterocycles. The van der Waals surface area contributed by atoms with Crippen LogP contribution in [-0.4, -0.2) is 67.7 Å². The SMILES string of the molecule is CCCCCCCCCCOC(=O)CC1C(=O)NCCN1C(=O)c1ccc(OCC2CCCO2)cc1. The summed E-state index contributed by atoms with van der Waals surface area (Å²) in [6.45, 7) is 4.53. The van der Waals surface area contributed by atoms with Crippen molar-refractivity contribution < 1.29 is 28.6 Å². The van der Waals surface area contributed by atoms with E-state index >= 15 is 0 Å². The summed E-state index contributed by atoms with van der Waals surface area (Å²) in [7, 11) is 0. The van der Waals surface area contributed by atoms with E-state index in [1.165, 1.54) is 37.0 Å². The molecule has 1 aromatic rings. The number of esters is 1. The van der Waals surface area contributed by atoms with E-state index < -0.39 is 12.0 Å². The number of carbonyl (C=O) groups excluding carboxylic acids is 3. The van der Waals surface area contributed by atoms with Gasteiger partial charge in [0.15, 0.2) is 0 Å². The lowest BCUT2D eigenvalue weighted by Gasteiger charge is -2.34. The summed E-state index contributed by atoms with van der Waals surface area (Å²) in [6, 6.07) is 6.01. The predicted octanol–water partition coefficient (Wildman–Crippen LogP) is 4.26. The van der Waals surface area contributed by atoms with Gasteiger partial charge in [0.05, 0.1) is 19.1 Å². The lowest BCUT2D eigenvalue weighted by atomic mass is 10.1. The number of rotatable bonds is 15. The quantitative estimate of drug-likeness (QED) is 0.285. The molecule has 0 bridgehead atoms. The molecule has 0 aliphatic carbocycles. The first kappa shape index (κ1) is 28.0. The van der Waals surface area contributed by atoms with Crippen LogP contribution in [0.15, 0.2) is 24.3 Å². The second kappa shape index (κ2) is 15.5. The Hall–Kier alpha value is -2.61. The van der Waals surface area contributed by atoms with E-state index in [1.807, 2.05) is 0 Å². The summed E-state index contributed by atoms with van der Waals surface area (Å²) in [4.78, 5) is 39.6. The van der Waals surface area contributed by atoms with Gasteiger partial charge < -0.3 is 24.4 Å². The van der Waals surface area contributed by atoms with Crippen LogP contribution < -0.4 is 10.1 Å². The molecule has 0 radical (unpaired) electrons. The maximum Gasteiger partial charge on any atom is 0.308 e. The van der Waals surface area contributed by atoms with E-state index in [9.17, 15) is 14.4 Å². The lowest BCUT2D eigenvalue weighted by Crippen LogP contribution is -2.57. The molecule has 2 aliphatic rings. The van der Waals surface area contributed by atoms with Crippen molar-refractivity contribution in [2.24, 2.45) is 0 Å². The van der Waals surface area contributed by atoms with Crippen molar-refractivity contribution in [1.82, 2.24) is 10.2 Å². The van der Waals surface area contributed by atoms with Gasteiger partial charge >= 0.3 is 5.97 Å². The average Bonchev–Trinajstić information content (AvgIpc) is 3.41. The fourth-order valence-corrected chi connectivity index (χ4v) is 4.62. The lowest BCUT2D eigenvalue weighted by molar-refractivity contribution is -0.147. The zero-order chi connectivity index (χ0) is 25.6. The monoisotopic (exact) mass is 502 g/mol. The number of unbranched alkanes of at least 4 members (excludes halogenated alkanes) is 7. The first-order valence-electron chi connectivity index (χ1n) is 13.7. The highest BCUT2D eigenvalue weighted by atomic mass is 16.5. The van der Waals surface area contributed by atoms with E-state index in [4.69, 9.17) is 14.2 Å². The third-order valence-electron chi connectivity index (χ3n) is 6.77. The molecule has 1 aromatic carbocycles. The highest BCUT2D eigenvalue weighted by Gasteiger charge is 2.35. The molecular weight excluding hydrogens is 460 g/mol. The minimum Gasteiger partial charge on any atom is -0.491 e. The van der Waals surface area contributed by atoms with E-state index in [0.29, 0.717) is 37.6 Å². The van der Waals surface area contributed by atoms with Crippen molar-refractivity contribution in [3.05, 3.63) is 29.8 Å². The molecule has 1 N–H and O–H groups in total. The molecule has 8 heteroatoms. The van der Waals surface area contributed by atoms with Crippen molar-refractivity contribution in [1.29, 1.82) is 0 Å². The van der Waals surface area contributed by atoms with Gasteiger partial charge in [-0.05, 0) is 43.5 Å². The van der Waals surface area contributed by atoms with Crippen molar-refractivity contribution >= 4 is 17.8 Å². The van der Waals surface area contributed by atoms with Crippen LogP contribution in [0.25, 0.3) is 0 Å². The summed E-state index contributed by atoms with van der Waals surface area (Å²) in [5.74, 6) is -0.387.